The molecule has 0 fully saturated rings. The van der Waals surface area contributed by atoms with Crippen LogP contribution < -0.4 is 10.2 Å². The highest BCUT2D eigenvalue weighted by Crippen LogP contribution is 2.28. The van der Waals surface area contributed by atoms with E-state index in [9.17, 15) is 4.79 Å². The highest BCUT2D eigenvalue weighted by Gasteiger charge is 2.23. The van der Waals surface area contributed by atoms with Crippen molar-refractivity contribution in [1.29, 1.82) is 0 Å². The molecular weight excluding hydrogens is 204 g/mol. The number of hydrogen-bond donors (Lipinski definition) is 1. The van der Waals surface area contributed by atoms with Gasteiger partial charge in [0.15, 0.2) is 0 Å². The summed E-state index contributed by atoms with van der Waals surface area (Å²) in [4.78, 5) is 13.2. The van der Waals surface area contributed by atoms with E-state index in [0.717, 1.165) is 17.8 Å². The lowest BCUT2D eigenvalue weighted by Crippen LogP contribution is -2.20. The second kappa shape index (κ2) is 4.63. The highest BCUT2D eigenvalue weighted by molar-refractivity contribution is 6.00. The lowest BCUT2D eigenvalue weighted by molar-refractivity contribution is -0.117. The molecule has 1 aromatic carbocycles. The molecule has 0 radical (unpaired) electrons. The SMILES string of the molecule is COCNCc1ccc2c(c1)CC(=O)N2C. The van der Waals surface area contributed by atoms with E-state index in [1.165, 1.54) is 5.56 Å². The van der Waals surface area contributed by atoms with Gasteiger partial charge in [0.1, 0.15) is 0 Å². The molecule has 0 saturated carbocycles. The first-order valence-corrected chi connectivity index (χ1v) is 5.30. The van der Waals surface area contributed by atoms with Crippen LogP contribution in [0, 0.1) is 0 Å². The van der Waals surface area contributed by atoms with E-state index in [0.29, 0.717) is 13.2 Å². The summed E-state index contributed by atoms with van der Waals surface area (Å²) in [5, 5.41) is 3.14. The lowest BCUT2D eigenvalue weighted by Gasteiger charge is -2.10. The molecule has 4 heteroatoms. The fraction of sp³-hybridized carbons (Fsp3) is 0.417. The molecule has 1 aromatic rings. The van der Waals surface area contributed by atoms with Gasteiger partial charge in [0.2, 0.25) is 5.91 Å². The molecule has 0 bridgehead atoms. The quantitative estimate of drug-likeness (QED) is 0.605. The standard InChI is InChI=1S/C12H16N2O2/c1-14-11-4-3-9(7-13-8-16-2)5-10(11)6-12(14)15/h3-5,13H,6-8H2,1-2H3. The van der Waals surface area contributed by atoms with Gasteiger partial charge in [0.05, 0.1) is 13.2 Å². The topological polar surface area (TPSA) is 41.6 Å². The number of methoxy groups -OCH3 is 1. The Balaban J connectivity index is 2.09. The number of nitrogens with zero attached hydrogens (tertiary/aromatic N) is 1. The predicted octanol–water partition coefficient (Wildman–Crippen LogP) is 0.899. The van der Waals surface area contributed by atoms with Crippen molar-refractivity contribution < 1.29 is 9.53 Å². The number of rotatable bonds is 4. The van der Waals surface area contributed by atoms with Crippen molar-refractivity contribution >= 4 is 11.6 Å². The maximum Gasteiger partial charge on any atom is 0.231 e. The third-order valence-corrected chi connectivity index (χ3v) is 2.80. The smallest absolute Gasteiger partial charge is 0.231 e. The largest absolute Gasteiger partial charge is 0.370 e. The maximum absolute atomic E-state index is 11.5. The molecule has 1 aliphatic heterocycles. The number of nitrogens with one attached hydrogen (secondary N) is 1. The number of amides is 1. The van der Waals surface area contributed by atoms with Crippen LogP contribution in [0.5, 0.6) is 0 Å². The van der Waals surface area contributed by atoms with E-state index in [2.05, 4.69) is 11.4 Å². The summed E-state index contributed by atoms with van der Waals surface area (Å²) < 4.78 is 4.92. The molecule has 1 heterocycles. The fourth-order valence-corrected chi connectivity index (χ4v) is 1.93. The average Bonchev–Trinajstić information content (AvgIpc) is 2.55. The van der Waals surface area contributed by atoms with Gasteiger partial charge in [-0.15, -0.1) is 0 Å². The third-order valence-electron chi connectivity index (χ3n) is 2.80. The number of benzene rings is 1. The molecule has 86 valence electrons. The number of carbonyl (C=O) groups is 1. The zero-order valence-electron chi connectivity index (χ0n) is 9.62. The van der Waals surface area contributed by atoms with Gasteiger partial charge in [-0.25, -0.2) is 0 Å². The van der Waals surface area contributed by atoms with E-state index in [-0.39, 0.29) is 5.91 Å². The Bertz CT molecular complexity index is 404. The molecule has 1 aliphatic rings. The van der Waals surface area contributed by atoms with E-state index in [4.69, 9.17) is 4.74 Å². The molecule has 1 amide bonds. The van der Waals surface area contributed by atoms with Gasteiger partial charge >= 0.3 is 0 Å². The molecule has 0 aliphatic carbocycles. The fourth-order valence-electron chi connectivity index (χ4n) is 1.93. The molecule has 4 nitrogen and oxygen atoms in total. The molecule has 2 rings (SSSR count). The summed E-state index contributed by atoms with van der Waals surface area (Å²) in [7, 11) is 3.47. The number of ether oxygens (including phenoxy) is 1. The van der Waals surface area contributed by atoms with Crippen LogP contribution in [0.1, 0.15) is 11.1 Å². The normalized spacial score (nSPS) is 14.4. The zero-order chi connectivity index (χ0) is 11.5. The van der Waals surface area contributed by atoms with Crippen LogP contribution >= 0.6 is 0 Å². The second-order valence-electron chi connectivity index (χ2n) is 3.95. The number of fused-ring (bicyclic) bond motifs is 1. The Morgan fingerprint density at radius 2 is 2.31 bits per heavy atom. The van der Waals surface area contributed by atoms with Gasteiger partial charge in [-0.1, -0.05) is 12.1 Å². The van der Waals surface area contributed by atoms with Crippen LogP contribution in [0.15, 0.2) is 18.2 Å². The van der Waals surface area contributed by atoms with Crippen LogP contribution in [0.3, 0.4) is 0 Å². The first-order chi connectivity index (χ1) is 7.72. The van der Waals surface area contributed by atoms with Gasteiger partial charge in [0.25, 0.3) is 0 Å². The van der Waals surface area contributed by atoms with Crippen LogP contribution in [0.4, 0.5) is 5.69 Å². The van der Waals surface area contributed by atoms with Gasteiger partial charge in [-0.2, -0.15) is 0 Å². The van der Waals surface area contributed by atoms with Gasteiger partial charge in [-0.3, -0.25) is 10.1 Å². The number of likely N-dealkylation sites (N-methyl/N-ethyl adjacent to an activating group) is 1. The number of carbonyl (C=O) groups excluding carboxylic acids is 1. The third kappa shape index (κ3) is 2.08. The van der Waals surface area contributed by atoms with Gasteiger partial charge < -0.3 is 9.64 Å². The van der Waals surface area contributed by atoms with Crippen molar-refractivity contribution in [3.8, 4) is 0 Å². The first kappa shape index (κ1) is 11.1. The maximum atomic E-state index is 11.5. The Kier molecular flexibility index (Phi) is 3.22. The highest BCUT2D eigenvalue weighted by atomic mass is 16.5. The summed E-state index contributed by atoms with van der Waals surface area (Å²) in [6.45, 7) is 1.30. The van der Waals surface area contributed by atoms with Crippen molar-refractivity contribution in [2.75, 3.05) is 25.8 Å². The van der Waals surface area contributed by atoms with Crippen LogP contribution in [0.25, 0.3) is 0 Å². The minimum atomic E-state index is 0.164. The summed E-state index contributed by atoms with van der Waals surface area (Å²) in [6, 6.07) is 6.13. The molecule has 0 aromatic heterocycles. The Hall–Kier alpha value is -1.39. The second-order valence-corrected chi connectivity index (χ2v) is 3.95. The van der Waals surface area contributed by atoms with Crippen molar-refractivity contribution in [1.82, 2.24) is 5.32 Å². The van der Waals surface area contributed by atoms with Crippen molar-refractivity contribution in [2.24, 2.45) is 0 Å². The van der Waals surface area contributed by atoms with E-state index < -0.39 is 0 Å². The first-order valence-electron chi connectivity index (χ1n) is 5.30. The minimum Gasteiger partial charge on any atom is -0.370 e. The zero-order valence-corrected chi connectivity index (χ0v) is 9.62. The van der Waals surface area contributed by atoms with Crippen LogP contribution in [-0.2, 0) is 22.5 Å². The Labute approximate surface area is 95.2 Å². The van der Waals surface area contributed by atoms with Crippen molar-refractivity contribution in [2.45, 2.75) is 13.0 Å². The Morgan fingerprint density at radius 3 is 3.06 bits per heavy atom. The van der Waals surface area contributed by atoms with Crippen molar-refractivity contribution in [3.05, 3.63) is 29.3 Å². The van der Waals surface area contributed by atoms with E-state index in [1.54, 1.807) is 12.0 Å². The van der Waals surface area contributed by atoms with E-state index >= 15 is 0 Å². The van der Waals surface area contributed by atoms with E-state index in [1.807, 2.05) is 19.2 Å². The van der Waals surface area contributed by atoms with Gasteiger partial charge in [0, 0.05) is 26.4 Å². The predicted molar refractivity (Wildman–Crippen MR) is 62.3 cm³/mol. The lowest BCUT2D eigenvalue weighted by atomic mass is 10.1. The molecular formula is C12H16N2O2. The molecule has 0 unspecified atom stereocenters. The summed E-state index contributed by atoms with van der Waals surface area (Å²) in [5.41, 5.74) is 3.32. The summed E-state index contributed by atoms with van der Waals surface area (Å²) in [6.07, 6.45) is 0.518. The van der Waals surface area contributed by atoms with Gasteiger partial charge in [-0.05, 0) is 17.2 Å². The molecule has 0 spiro atoms. The summed E-state index contributed by atoms with van der Waals surface area (Å²) in [5.74, 6) is 0.164. The molecule has 0 saturated heterocycles. The van der Waals surface area contributed by atoms with Crippen LogP contribution in [0.2, 0.25) is 0 Å². The average molecular weight is 220 g/mol. The molecule has 1 N–H and O–H groups in total. The van der Waals surface area contributed by atoms with Crippen LogP contribution in [-0.4, -0.2) is 26.8 Å². The summed E-state index contributed by atoms with van der Waals surface area (Å²) >= 11 is 0. The molecule has 0 atom stereocenters. The minimum absolute atomic E-state index is 0.164. The molecule has 16 heavy (non-hydrogen) atoms. The monoisotopic (exact) mass is 220 g/mol. The van der Waals surface area contributed by atoms with Crippen molar-refractivity contribution in [3.63, 3.8) is 0 Å². The number of anilines is 1. The number of hydrogen-bond acceptors (Lipinski definition) is 3. The Morgan fingerprint density at radius 1 is 1.50 bits per heavy atom.